The molecule has 128 valence electrons. The lowest BCUT2D eigenvalue weighted by Gasteiger charge is -2.41. The topological polar surface area (TPSA) is 0 Å². The van der Waals surface area contributed by atoms with Gasteiger partial charge in [-0.3, -0.25) is 0 Å². The Kier molecular flexibility index (Phi) is 16.8. The van der Waals surface area contributed by atoms with Crippen molar-refractivity contribution in [2.75, 3.05) is 25.7 Å². The average molecular weight is 340 g/mol. The Morgan fingerprint density at radius 1 is 0.500 bits per heavy atom. The molecule has 0 heterocycles. The van der Waals surface area contributed by atoms with Gasteiger partial charge < -0.3 is 0 Å². The van der Waals surface area contributed by atoms with Crippen molar-refractivity contribution in [2.24, 2.45) is 0 Å². The van der Waals surface area contributed by atoms with Crippen molar-refractivity contribution in [3.05, 3.63) is 0 Å². The molecule has 0 saturated carbocycles. The Morgan fingerprint density at radius 2 is 0.682 bits per heavy atom. The molecule has 2 atom stereocenters. The van der Waals surface area contributed by atoms with E-state index in [1.165, 1.54) is 50.8 Å². The molecule has 0 aliphatic heterocycles. The van der Waals surface area contributed by atoms with Crippen molar-refractivity contribution in [3.8, 4) is 0 Å². The largest absolute Gasteiger partial charge is 0.103 e. The van der Waals surface area contributed by atoms with Crippen molar-refractivity contribution in [1.29, 1.82) is 0 Å². The van der Waals surface area contributed by atoms with Gasteiger partial charge in [-0.1, -0.05) is 41.5 Å². The van der Waals surface area contributed by atoms with Gasteiger partial charge in [0.05, 0.1) is 0 Å². The minimum atomic E-state index is 0. The molecule has 22 heavy (non-hydrogen) atoms. The fourth-order valence-electron chi connectivity index (χ4n) is 3.89. The Bertz CT molecular complexity index is 209. The lowest BCUT2D eigenvalue weighted by atomic mass is 9.99. The molecule has 0 unspecified atom stereocenters. The fourth-order valence-corrected chi connectivity index (χ4v) is 10.5. The van der Waals surface area contributed by atoms with Crippen LogP contribution in [-0.2, 0) is 0 Å². The molecule has 0 amide bonds. The van der Waals surface area contributed by atoms with Crippen molar-refractivity contribution in [3.63, 3.8) is 0 Å². The lowest BCUT2D eigenvalue weighted by Crippen LogP contribution is -2.28. The number of hydrogen-bond acceptors (Lipinski definition) is 0. The molecule has 6 radical (unpaired) electrons. The Hall–Kier alpha value is 0.990. The first-order valence-corrected chi connectivity index (χ1v) is 12.8. The van der Waals surface area contributed by atoms with Gasteiger partial charge in [0.2, 0.25) is 0 Å². The van der Waals surface area contributed by atoms with Gasteiger partial charge >= 0.3 is 0 Å². The summed E-state index contributed by atoms with van der Waals surface area (Å²) in [6.45, 7) is 19.6. The van der Waals surface area contributed by atoms with Crippen LogP contribution in [0.1, 0.15) is 80.1 Å². The highest BCUT2D eigenvalue weighted by Gasteiger charge is 2.33. The van der Waals surface area contributed by atoms with Crippen LogP contribution in [-0.4, -0.2) is 52.8 Å². The third kappa shape index (κ3) is 6.48. The maximum Gasteiger partial charge on any atom is 0 e. The fraction of sp³-hybridized carbons (Fsp3) is 1.00. The molecule has 0 bridgehead atoms. The zero-order valence-electron chi connectivity index (χ0n) is 16.7. The van der Waals surface area contributed by atoms with Gasteiger partial charge in [-0.05, 0) is 74.5 Å². The highest BCUT2D eigenvalue weighted by Crippen LogP contribution is 2.58. The molecule has 0 aliphatic rings. The van der Waals surface area contributed by atoms with E-state index >= 15 is 0 Å². The molecular formula is C18H40B2P2. The molecule has 4 heteroatoms. The van der Waals surface area contributed by atoms with Gasteiger partial charge in [-0.2, -0.15) is 0 Å². The van der Waals surface area contributed by atoms with E-state index in [1.54, 1.807) is 0 Å². The first-order chi connectivity index (χ1) is 9.41. The molecule has 0 aromatic heterocycles. The molecular weight excluding hydrogens is 300 g/mol. The lowest BCUT2D eigenvalue weighted by molar-refractivity contribution is 0.517. The first kappa shape index (κ1) is 27.8. The second-order valence-corrected chi connectivity index (χ2v) is 12.0. The van der Waals surface area contributed by atoms with Crippen LogP contribution in [0.3, 0.4) is 0 Å². The summed E-state index contributed by atoms with van der Waals surface area (Å²) in [6, 6.07) is 0. The highest BCUT2D eigenvalue weighted by molar-refractivity contribution is 7.62. The Morgan fingerprint density at radius 3 is 0.818 bits per heavy atom. The maximum atomic E-state index is 2.58. The maximum absolute atomic E-state index is 2.58. The zero-order chi connectivity index (χ0) is 15.8. The summed E-state index contributed by atoms with van der Waals surface area (Å²) in [7, 11) is 0.386. The monoisotopic (exact) mass is 340 g/mol. The smallest absolute Gasteiger partial charge is 0 e. The van der Waals surface area contributed by atoms with E-state index in [0.29, 0.717) is 10.3 Å². The molecule has 0 aromatic carbocycles. The van der Waals surface area contributed by atoms with Crippen LogP contribution in [0.15, 0.2) is 0 Å². The van der Waals surface area contributed by atoms with Crippen molar-refractivity contribution in [2.45, 2.75) is 90.4 Å². The van der Waals surface area contributed by atoms with E-state index in [-0.39, 0.29) is 32.7 Å². The van der Waals surface area contributed by atoms with Crippen molar-refractivity contribution in [1.82, 2.24) is 0 Å². The van der Waals surface area contributed by atoms with Crippen LogP contribution in [0.2, 0.25) is 0 Å². The third-order valence-corrected chi connectivity index (χ3v) is 13.6. The molecule has 0 nitrogen and oxygen atoms in total. The Labute approximate surface area is 149 Å². The van der Waals surface area contributed by atoms with Gasteiger partial charge in [-0.15, -0.1) is 15.8 Å². The Balaban J connectivity index is -0.00000180. The van der Waals surface area contributed by atoms with Gasteiger partial charge in [-0.25, -0.2) is 0 Å². The molecule has 0 aliphatic carbocycles. The van der Waals surface area contributed by atoms with Crippen LogP contribution in [0.5, 0.6) is 0 Å². The van der Waals surface area contributed by atoms with E-state index in [9.17, 15) is 0 Å². The van der Waals surface area contributed by atoms with E-state index in [4.69, 9.17) is 0 Å². The van der Waals surface area contributed by atoms with Gasteiger partial charge in [0.25, 0.3) is 0 Å². The van der Waals surface area contributed by atoms with Gasteiger partial charge in [0.15, 0.2) is 0 Å². The predicted octanol–water partition coefficient (Wildman–Crippen LogP) is 6.39. The van der Waals surface area contributed by atoms with E-state index < -0.39 is 0 Å². The molecule has 0 aromatic rings. The van der Waals surface area contributed by atoms with Crippen LogP contribution in [0.25, 0.3) is 0 Å². The molecule has 0 fully saturated rings. The summed E-state index contributed by atoms with van der Waals surface area (Å²) in [4.78, 5) is 0. The van der Waals surface area contributed by atoms with E-state index in [0.717, 1.165) is 0 Å². The molecule has 0 N–H and O–H groups in total. The molecule has 0 spiro atoms. The van der Waals surface area contributed by atoms with Crippen LogP contribution >= 0.6 is 15.8 Å². The number of hydrogen-bond donors (Lipinski definition) is 0. The summed E-state index contributed by atoms with van der Waals surface area (Å²) in [5.41, 5.74) is 0. The van der Waals surface area contributed by atoms with Gasteiger partial charge in [0.1, 0.15) is 0 Å². The summed E-state index contributed by atoms with van der Waals surface area (Å²) in [5, 5.41) is 1.33. The quantitative estimate of drug-likeness (QED) is 0.302. The normalized spacial score (nSPS) is 14.7. The van der Waals surface area contributed by atoms with Crippen LogP contribution in [0, 0.1) is 0 Å². The SMILES string of the molecule is CCC(CC)(CC)[P@@](C)CC[P@](C)C(CC)(CC)CC.[B].[B]. The van der Waals surface area contributed by atoms with E-state index in [1.807, 2.05) is 0 Å². The zero-order valence-corrected chi connectivity index (χ0v) is 18.5. The first-order valence-electron chi connectivity index (χ1n) is 8.84. The third-order valence-electron chi connectivity index (χ3n) is 6.34. The van der Waals surface area contributed by atoms with E-state index in [2.05, 4.69) is 54.9 Å². The summed E-state index contributed by atoms with van der Waals surface area (Å²) < 4.78 is 0. The van der Waals surface area contributed by atoms with Crippen molar-refractivity contribution >= 4 is 32.7 Å². The molecule has 0 rings (SSSR count). The number of rotatable bonds is 11. The molecule has 0 saturated heterocycles. The average Bonchev–Trinajstić information content (AvgIpc) is 2.49. The highest BCUT2D eigenvalue weighted by atomic mass is 31.1. The van der Waals surface area contributed by atoms with Crippen molar-refractivity contribution < 1.29 is 0 Å². The summed E-state index contributed by atoms with van der Waals surface area (Å²) >= 11 is 0. The standard InChI is InChI=1S/C18H40P2.2B/c1-9-17(10-2,11-3)19(7)15-16-20(8)18(12-4,13-5)14-6;;/h9-16H2,1-8H3;;/t19-,20-;;/m0../s1. The minimum Gasteiger partial charge on any atom is -0.103 e. The summed E-state index contributed by atoms with van der Waals surface area (Å²) in [5.74, 6) is 0. The summed E-state index contributed by atoms with van der Waals surface area (Å²) in [6.07, 6.45) is 11.3. The second kappa shape index (κ2) is 13.3. The predicted molar refractivity (Wildman–Crippen MR) is 114 cm³/mol. The van der Waals surface area contributed by atoms with Gasteiger partial charge in [0, 0.05) is 16.8 Å². The van der Waals surface area contributed by atoms with Crippen LogP contribution in [0.4, 0.5) is 0 Å². The van der Waals surface area contributed by atoms with Crippen LogP contribution < -0.4 is 0 Å². The second-order valence-electron chi connectivity index (χ2n) is 6.41. The minimum absolute atomic E-state index is 0.